The summed E-state index contributed by atoms with van der Waals surface area (Å²) in [4.78, 5) is 36.8. The molecule has 8 heteroatoms. The highest BCUT2D eigenvalue weighted by atomic mass is 16.5. The number of methoxy groups -OCH3 is 1. The summed E-state index contributed by atoms with van der Waals surface area (Å²) in [6.45, 7) is 0.0501. The van der Waals surface area contributed by atoms with E-state index in [0.717, 1.165) is 12.8 Å². The highest BCUT2D eigenvalue weighted by molar-refractivity contribution is 5.91. The van der Waals surface area contributed by atoms with Gasteiger partial charge >= 0.3 is 5.63 Å². The first-order valence-corrected chi connectivity index (χ1v) is 10.3. The normalized spacial score (nSPS) is 15.5. The van der Waals surface area contributed by atoms with Crippen LogP contribution in [-0.4, -0.2) is 43.2 Å². The molecule has 1 aliphatic rings. The number of aliphatic hydroxyl groups is 1. The summed E-state index contributed by atoms with van der Waals surface area (Å²) >= 11 is 0. The Morgan fingerprint density at radius 2 is 2.00 bits per heavy atom. The number of hydrogen-bond acceptors (Lipinski definition) is 6. The van der Waals surface area contributed by atoms with Gasteiger partial charge in [-0.15, -0.1) is 0 Å². The van der Waals surface area contributed by atoms with Gasteiger partial charge in [-0.2, -0.15) is 0 Å². The van der Waals surface area contributed by atoms with Crippen molar-refractivity contribution in [3.8, 4) is 5.75 Å². The van der Waals surface area contributed by atoms with Crippen LogP contribution in [0, 0.1) is 5.92 Å². The van der Waals surface area contributed by atoms with Crippen molar-refractivity contribution in [2.45, 2.75) is 44.6 Å². The number of nitrogens with one attached hydrogen (secondary N) is 2. The van der Waals surface area contributed by atoms with Gasteiger partial charge in [-0.05, 0) is 36.5 Å². The fraction of sp³-hybridized carbons (Fsp3) is 0.500. The Bertz CT molecular complexity index is 948. The summed E-state index contributed by atoms with van der Waals surface area (Å²) in [5.74, 6) is 0.107. The maximum atomic E-state index is 12.5. The highest BCUT2D eigenvalue weighted by Crippen LogP contribution is 2.23. The molecule has 0 bridgehead atoms. The minimum absolute atomic E-state index is 0.124. The summed E-state index contributed by atoms with van der Waals surface area (Å²) in [6, 6.07) is 5.21. The van der Waals surface area contributed by atoms with Crippen molar-refractivity contribution < 1.29 is 23.8 Å². The number of rotatable bonds is 8. The van der Waals surface area contributed by atoms with E-state index in [9.17, 15) is 19.5 Å². The molecule has 3 N–H and O–H groups in total. The van der Waals surface area contributed by atoms with Crippen LogP contribution in [-0.2, 0) is 16.0 Å². The molecule has 2 amide bonds. The molecule has 30 heavy (non-hydrogen) atoms. The standard InChI is InChI=1S/C22H28N2O6/c1-29-16-7-8-17-15(10-21(27)30-19(17)11-16)9-20(26)24-18(13-25)22(28)23-12-14-5-3-2-4-6-14/h7-8,10-11,14,18,25H,2-6,9,12-13H2,1H3,(H,23,28)(H,24,26)/t18-/m0/s1. The Labute approximate surface area is 174 Å². The van der Waals surface area contributed by atoms with Crippen LogP contribution in [0.4, 0.5) is 0 Å². The zero-order chi connectivity index (χ0) is 21.5. The molecule has 0 radical (unpaired) electrons. The molecule has 8 nitrogen and oxygen atoms in total. The SMILES string of the molecule is COc1ccc2c(CC(=O)N[C@@H](CO)C(=O)NCC3CCCCC3)cc(=O)oc2c1. The lowest BCUT2D eigenvalue weighted by molar-refractivity contribution is -0.129. The smallest absolute Gasteiger partial charge is 0.336 e. The molecule has 3 rings (SSSR count). The summed E-state index contributed by atoms with van der Waals surface area (Å²) in [5.41, 5.74) is 0.205. The van der Waals surface area contributed by atoms with Gasteiger partial charge in [-0.1, -0.05) is 19.3 Å². The van der Waals surface area contributed by atoms with Gasteiger partial charge in [0, 0.05) is 24.1 Å². The van der Waals surface area contributed by atoms with Crippen LogP contribution in [0.1, 0.15) is 37.7 Å². The van der Waals surface area contributed by atoms with Gasteiger partial charge in [0.1, 0.15) is 17.4 Å². The summed E-state index contributed by atoms with van der Waals surface area (Å²) in [6.07, 6.45) is 5.63. The van der Waals surface area contributed by atoms with Gasteiger partial charge < -0.3 is 24.9 Å². The van der Waals surface area contributed by atoms with Crippen LogP contribution in [0.3, 0.4) is 0 Å². The molecule has 0 unspecified atom stereocenters. The second-order valence-electron chi connectivity index (χ2n) is 7.68. The maximum absolute atomic E-state index is 12.5. The second kappa shape index (κ2) is 10.2. The second-order valence-corrected chi connectivity index (χ2v) is 7.68. The van der Waals surface area contributed by atoms with E-state index < -0.39 is 30.1 Å². The summed E-state index contributed by atoms with van der Waals surface area (Å²) in [5, 5.41) is 15.6. The predicted octanol–water partition coefficient (Wildman–Crippen LogP) is 1.52. The van der Waals surface area contributed by atoms with Gasteiger partial charge in [0.05, 0.1) is 20.1 Å². The van der Waals surface area contributed by atoms with Crippen LogP contribution in [0.5, 0.6) is 5.75 Å². The molecule has 1 aliphatic carbocycles. The van der Waals surface area contributed by atoms with Crippen LogP contribution in [0.2, 0.25) is 0 Å². The lowest BCUT2D eigenvalue weighted by Crippen LogP contribution is -2.50. The number of benzene rings is 1. The first-order chi connectivity index (χ1) is 14.5. The molecule has 1 saturated carbocycles. The van der Waals surface area contributed by atoms with E-state index >= 15 is 0 Å². The third-order valence-corrected chi connectivity index (χ3v) is 5.51. The zero-order valence-corrected chi connectivity index (χ0v) is 17.1. The van der Waals surface area contributed by atoms with E-state index in [-0.39, 0.29) is 6.42 Å². The molecule has 162 valence electrons. The van der Waals surface area contributed by atoms with E-state index in [4.69, 9.17) is 9.15 Å². The average molecular weight is 416 g/mol. The van der Waals surface area contributed by atoms with Crippen molar-refractivity contribution in [2.75, 3.05) is 20.3 Å². The van der Waals surface area contributed by atoms with Crippen LogP contribution in [0.25, 0.3) is 11.0 Å². The van der Waals surface area contributed by atoms with Gasteiger partial charge in [0.15, 0.2) is 0 Å². The van der Waals surface area contributed by atoms with Crippen LogP contribution >= 0.6 is 0 Å². The molecule has 1 fully saturated rings. The molecular formula is C22H28N2O6. The van der Waals surface area contributed by atoms with Gasteiger partial charge in [-0.3, -0.25) is 9.59 Å². The number of carbonyl (C=O) groups excluding carboxylic acids is 2. The topological polar surface area (TPSA) is 118 Å². The van der Waals surface area contributed by atoms with E-state index in [1.54, 1.807) is 18.2 Å². The Morgan fingerprint density at radius 3 is 2.70 bits per heavy atom. The van der Waals surface area contributed by atoms with Crippen molar-refractivity contribution >= 4 is 22.8 Å². The Balaban J connectivity index is 1.63. The lowest BCUT2D eigenvalue weighted by atomic mass is 9.89. The van der Waals surface area contributed by atoms with Gasteiger partial charge in [-0.25, -0.2) is 4.79 Å². The Hall–Kier alpha value is -2.87. The minimum atomic E-state index is -1.03. The molecule has 1 heterocycles. The summed E-state index contributed by atoms with van der Waals surface area (Å²) in [7, 11) is 1.50. The number of aliphatic hydroxyl groups excluding tert-OH is 1. The molecule has 1 atom stereocenters. The molecular weight excluding hydrogens is 388 g/mol. The molecule has 0 spiro atoms. The van der Waals surface area contributed by atoms with E-state index in [0.29, 0.717) is 34.7 Å². The van der Waals surface area contributed by atoms with E-state index in [2.05, 4.69) is 10.6 Å². The number of carbonyl (C=O) groups is 2. The van der Waals surface area contributed by atoms with Crippen molar-refractivity contribution in [3.63, 3.8) is 0 Å². The fourth-order valence-electron chi connectivity index (χ4n) is 3.86. The number of fused-ring (bicyclic) bond motifs is 1. The first kappa shape index (κ1) is 21.8. The third kappa shape index (κ3) is 5.60. The van der Waals surface area contributed by atoms with Crippen LogP contribution in [0.15, 0.2) is 33.5 Å². The largest absolute Gasteiger partial charge is 0.497 e. The minimum Gasteiger partial charge on any atom is -0.497 e. The number of amides is 2. The number of ether oxygens (including phenoxy) is 1. The fourth-order valence-corrected chi connectivity index (χ4v) is 3.86. The quantitative estimate of drug-likeness (QED) is 0.562. The van der Waals surface area contributed by atoms with Crippen LogP contribution < -0.4 is 21.0 Å². The maximum Gasteiger partial charge on any atom is 0.336 e. The first-order valence-electron chi connectivity index (χ1n) is 10.3. The molecule has 2 aromatic rings. The Morgan fingerprint density at radius 1 is 1.23 bits per heavy atom. The monoisotopic (exact) mass is 416 g/mol. The van der Waals surface area contributed by atoms with E-state index in [1.165, 1.54) is 32.4 Å². The van der Waals surface area contributed by atoms with Gasteiger partial charge in [0.25, 0.3) is 0 Å². The lowest BCUT2D eigenvalue weighted by Gasteiger charge is -2.23. The highest BCUT2D eigenvalue weighted by Gasteiger charge is 2.22. The Kier molecular flexibility index (Phi) is 7.46. The zero-order valence-electron chi connectivity index (χ0n) is 17.1. The summed E-state index contributed by atoms with van der Waals surface area (Å²) < 4.78 is 10.3. The molecule has 1 aromatic carbocycles. The predicted molar refractivity (Wildman–Crippen MR) is 111 cm³/mol. The average Bonchev–Trinajstić information content (AvgIpc) is 2.75. The molecule has 0 aliphatic heterocycles. The molecule has 0 saturated heterocycles. The molecule has 1 aromatic heterocycles. The van der Waals surface area contributed by atoms with Crippen molar-refractivity contribution in [3.05, 3.63) is 40.2 Å². The van der Waals surface area contributed by atoms with E-state index in [1.807, 2.05) is 0 Å². The van der Waals surface area contributed by atoms with Gasteiger partial charge in [0.2, 0.25) is 11.8 Å². The van der Waals surface area contributed by atoms with Crippen molar-refractivity contribution in [2.24, 2.45) is 5.92 Å². The van der Waals surface area contributed by atoms with Crippen molar-refractivity contribution in [1.82, 2.24) is 10.6 Å². The van der Waals surface area contributed by atoms with Crippen molar-refractivity contribution in [1.29, 1.82) is 0 Å². The number of hydrogen-bond donors (Lipinski definition) is 3. The third-order valence-electron chi connectivity index (χ3n) is 5.51.